The minimum atomic E-state index is -0.678. The molecule has 2 amide bonds. The summed E-state index contributed by atoms with van der Waals surface area (Å²) in [5, 5.41) is 2.86. The number of hydrogen-bond donors (Lipinski definition) is 1. The number of benzene rings is 1. The summed E-state index contributed by atoms with van der Waals surface area (Å²) in [6.45, 7) is 5.95. The van der Waals surface area contributed by atoms with E-state index in [2.05, 4.69) is 5.32 Å². The van der Waals surface area contributed by atoms with Gasteiger partial charge < -0.3 is 14.8 Å². The molecule has 2 atom stereocenters. The molecule has 6 nitrogen and oxygen atoms in total. The number of nitrogens with zero attached hydrogens (tertiary/aromatic N) is 1. The zero-order valence-electron chi connectivity index (χ0n) is 14.3. The number of aldehydes is 1. The van der Waals surface area contributed by atoms with E-state index in [-0.39, 0.29) is 25.0 Å². The molecule has 0 bridgehead atoms. The highest BCUT2D eigenvalue weighted by Crippen LogP contribution is 2.24. The Morgan fingerprint density at radius 3 is 2.54 bits per heavy atom. The minimum absolute atomic E-state index is 0.134. The Labute approximate surface area is 142 Å². The first-order valence-electron chi connectivity index (χ1n) is 8.05. The van der Waals surface area contributed by atoms with Crippen molar-refractivity contribution in [3.63, 3.8) is 0 Å². The van der Waals surface area contributed by atoms with Gasteiger partial charge in [-0.1, -0.05) is 30.3 Å². The van der Waals surface area contributed by atoms with Crippen molar-refractivity contribution in [2.45, 2.75) is 45.4 Å². The third-order valence-corrected chi connectivity index (χ3v) is 3.77. The van der Waals surface area contributed by atoms with E-state index in [1.54, 1.807) is 0 Å². The molecule has 130 valence electrons. The molecule has 1 saturated heterocycles. The number of rotatable bonds is 4. The third kappa shape index (κ3) is 4.81. The number of likely N-dealkylation sites (tertiary alicyclic amines) is 1. The molecule has 2 rings (SSSR count). The van der Waals surface area contributed by atoms with Gasteiger partial charge in [-0.05, 0) is 32.8 Å². The van der Waals surface area contributed by atoms with Crippen molar-refractivity contribution in [3.05, 3.63) is 35.9 Å². The molecule has 1 aromatic rings. The van der Waals surface area contributed by atoms with E-state index in [0.29, 0.717) is 6.42 Å². The molecule has 0 aliphatic carbocycles. The zero-order chi connectivity index (χ0) is 17.7. The van der Waals surface area contributed by atoms with Crippen LogP contribution >= 0.6 is 0 Å². The van der Waals surface area contributed by atoms with Crippen LogP contribution in [0.25, 0.3) is 0 Å². The normalized spacial score (nSPS) is 20.5. The second kappa shape index (κ2) is 7.47. The second-order valence-corrected chi connectivity index (χ2v) is 7.08. The Balaban J connectivity index is 2.02. The molecule has 1 aliphatic heterocycles. The lowest BCUT2D eigenvalue weighted by Gasteiger charge is -2.27. The number of hydrogen-bond acceptors (Lipinski definition) is 4. The molecule has 0 spiro atoms. The molecule has 24 heavy (non-hydrogen) atoms. The van der Waals surface area contributed by atoms with E-state index in [1.165, 1.54) is 4.90 Å². The first-order valence-corrected chi connectivity index (χ1v) is 8.05. The van der Waals surface area contributed by atoms with Crippen molar-refractivity contribution < 1.29 is 19.1 Å². The SMILES string of the molecule is CC(C)(C)NC(=O)[C@@H]1C[C@H](C=O)CN1C(=O)OCc1ccccc1. The van der Waals surface area contributed by atoms with E-state index >= 15 is 0 Å². The first kappa shape index (κ1) is 18.0. The Hall–Kier alpha value is -2.37. The van der Waals surface area contributed by atoms with Gasteiger partial charge in [0.25, 0.3) is 0 Å². The minimum Gasteiger partial charge on any atom is -0.445 e. The van der Waals surface area contributed by atoms with Crippen molar-refractivity contribution in [2.24, 2.45) is 5.92 Å². The lowest BCUT2D eigenvalue weighted by molar-refractivity contribution is -0.126. The lowest BCUT2D eigenvalue weighted by atomic mass is 10.0. The fraction of sp³-hybridized carbons (Fsp3) is 0.500. The highest BCUT2D eigenvalue weighted by molar-refractivity contribution is 5.87. The summed E-state index contributed by atoms with van der Waals surface area (Å²) in [7, 11) is 0. The van der Waals surface area contributed by atoms with Crippen LogP contribution in [0.1, 0.15) is 32.8 Å². The monoisotopic (exact) mass is 332 g/mol. The van der Waals surface area contributed by atoms with Gasteiger partial charge in [-0.15, -0.1) is 0 Å². The van der Waals surface area contributed by atoms with Crippen LogP contribution in [0.3, 0.4) is 0 Å². The topological polar surface area (TPSA) is 75.7 Å². The molecule has 6 heteroatoms. The quantitative estimate of drug-likeness (QED) is 0.857. The van der Waals surface area contributed by atoms with Gasteiger partial charge in [0.05, 0.1) is 0 Å². The van der Waals surface area contributed by atoms with Gasteiger partial charge in [0.15, 0.2) is 0 Å². The van der Waals surface area contributed by atoms with Crippen LogP contribution in [0.15, 0.2) is 30.3 Å². The van der Waals surface area contributed by atoms with E-state index in [4.69, 9.17) is 4.74 Å². The lowest BCUT2D eigenvalue weighted by Crippen LogP contribution is -2.51. The summed E-state index contributed by atoms with van der Waals surface area (Å²) >= 11 is 0. The fourth-order valence-electron chi connectivity index (χ4n) is 2.67. The van der Waals surface area contributed by atoms with Gasteiger partial charge in [0.1, 0.15) is 18.9 Å². The molecule has 0 aromatic heterocycles. The Morgan fingerprint density at radius 1 is 1.29 bits per heavy atom. The molecule has 1 aromatic carbocycles. The van der Waals surface area contributed by atoms with Gasteiger partial charge >= 0.3 is 6.09 Å². The van der Waals surface area contributed by atoms with Crippen LogP contribution < -0.4 is 5.32 Å². The number of nitrogens with one attached hydrogen (secondary N) is 1. The summed E-state index contributed by atoms with van der Waals surface area (Å²) in [5.74, 6) is -0.603. The number of amides is 2. The number of carbonyl (C=O) groups is 3. The van der Waals surface area contributed by atoms with Gasteiger partial charge in [0, 0.05) is 18.0 Å². The third-order valence-electron chi connectivity index (χ3n) is 3.77. The summed E-state index contributed by atoms with van der Waals surface area (Å²) in [4.78, 5) is 37.3. The van der Waals surface area contributed by atoms with E-state index in [9.17, 15) is 14.4 Å². The zero-order valence-corrected chi connectivity index (χ0v) is 14.3. The molecular weight excluding hydrogens is 308 g/mol. The van der Waals surface area contributed by atoms with Crippen molar-refractivity contribution in [1.29, 1.82) is 0 Å². The van der Waals surface area contributed by atoms with Gasteiger partial charge in [-0.2, -0.15) is 0 Å². The molecule has 1 heterocycles. The first-order chi connectivity index (χ1) is 11.3. The van der Waals surface area contributed by atoms with Crippen LogP contribution in [-0.2, 0) is 20.9 Å². The summed E-state index contributed by atoms with van der Waals surface area (Å²) in [6.07, 6.45) is 0.547. The Bertz CT molecular complexity index is 595. The van der Waals surface area contributed by atoms with Gasteiger partial charge in [-0.3, -0.25) is 9.69 Å². The Morgan fingerprint density at radius 2 is 1.96 bits per heavy atom. The van der Waals surface area contributed by atoms with Gasteiger partial charge in [-0.25, -0.2) is 4.79 Å². The van der Waals surface area contributed by atoms with Crippen molar-refractivity contribution >= 4 is 18.3 Å². The maximum Gasteiger partial charge on any atom is 0.410 e. The maximum atomic E-state index is 12.4. The van der Waals surface area contributed by atoms with E-state index < -0.39 is 17.7 Å². The summed E-state index contributed by atoms with van der Waals surface area (Å²) < 4.78 is 5.31. The highest BCUT2D eigenvalue weighted by Gasteiger charge is 2.41. The van der Waals surface area contributed by atoms with Gasteiger partial charge in [0.2, 0.25) is 5.91 Å². The largest absolute Gasteiger partial charge is 0.445 e. The predicted octanol–water partition coefficient (Wildman–Crippen LogP) is 2.13. The molecular formula is C18H24N2O4. The van der Waals surface area contributed by atoms with E-state index in [0.717, 1.165) is 11.8 Å². The average molecular weight is 332 g/mol. The molecule has 0 radical (unpaired) electrons. The molecule has 0 saturated carbocycles. The van der Waals surface area contributed by atoms with Crippen molar-refractivity contribution in [1.82, 2.24) is 10.2 Å². The predicted molar refractivity (Wildman–Crippen MR) is 89.2 cm³/mol. The van der Waals surface area contributed by atoms with Crippen LogP contribution in [0.2, 0.25) is 0 Å². The number of carbonyl (C=O) groups excluding carboxylic acids is 3. The van der Waals surface area contributed by atoms with E-state index in [1.807, 2.05) is 51.1 Å². The molecule has 1 N–H and O–H groups in total. The number of ether oxygens (including phenoxy) is 1. The summed E-state index contributed by atoms with van der Waals surface area (Å²) in [6, 6.07) is 8.64. The van der Waals surface area contributed by atoms with Crippen molar-refractivity contribution in [3.8, 4) is 0 Å². The average Bonchev–Trinajstić information content (AvgIpc) is 2.96. The summed E-state index contributed by atoms with van der Waals surface area (Å²) in [5.41, 5.74) is 0.461. The second-order valence-electron chi connectivity index (χ2n) is 7.08. The molecule has 1 aliphatic rings. The van der Waals surface area contributed by atoms with Crippen LogP contribution in [0, 0.1) is 5.92 Å². The maximum absolute atomic E-state index is 12.4. The van der Waals surface area contributed by atoms with Crippen LogP contribution in [-0.4, -0.2) is 41.3 Å². The highest BCUT2D eigenvalue weighted by atomic mass is 16.6. The van der Waals surface area contributed by atoms with Crippen LogP contribution in [0.5, 0.6) is 0 Å². The van der Waals surface area contributed by atoms with Crippen molar-refractivity contribution in [2.75, 3.05) is 6.54 Å². The Kier molecular flexibility index (Phi) is 5.59. The fourth-order valence-corrected chi connectivity index (χ4v) is 2.67. The smallest absolute Gasteiger partial charge is 0.410 e. The molecule has 0 unspecified atom stereocenters. The molecule has 1 fully saturated rings. The van der Waals surface area contributed by atoms with Crippen LogP contribution in [0.4, 0.5) is 4.79 Å². The standard InChI is InChI=1S/C18H24N2O4/c1-18(2,3)19-16(22)15-9-14(11-21)10-20(15)17(23)24-12-13-7-5-4-6-8-13/h4-8,11,14-15H,9-10,12H2,1-3H3,(H,19,22)/t14-,15-/m0/s1.